The fraction of sp³-hybridized carbons (Fsp3) is 0.727. The minimum Gasteiger partial charge on any atom is -0.469 e. The lowest BCUT2D eigenvalue weighted by atomic mass is 10.0. The lowest BCUT2D eigenvalue weighted by molar-refractivity contribution is -0.141. The lowest BCUT2D eigenvalue weighted by Gasteiger charge is -2.33. The van der Waals surface area contributed by atoms with E-state index in [1.54, 1.807) is 0 Å². The molecule has 0 aliphatic heterocycles. The summed E-state index contributed by atoms with van der Waals surface area (Å²) in [7, 11) is 1.39. The Bertz CT molecular complexity index is 228. The van der Waals surface area contributed by atoms with E-state index >= 15 is 0 Å². The van der Waals surface area contributed by atoms with Crippen molar-refractivity contribution in [1.82, 2.24) is 4.90 Å². The highest BCUT2D eigenvalue weighted by molar-refractivity contribution is 5.69. The molecule has 0 saturated heterocycles. The largest absolute Gasteiger partial charge is 0.469 e. The average Bonchev–Trinajstić information content (AvgIpc) is 2.18. The molecule has 3 nitrogen and oxygen atoms in total. The summed E-state index contributed by atoms with van der Waals surface area (Å²) >= 11 is 0. The summed E-state index contributed by atoms with van der Waals surface area (Å²) in [6, 6.07) is 0. The van der Waals surface area contributed by atoms with E-state index in [-0.39, 0.29) is 11.5 Å². The van der Waals surface area contributed by atoms with Crippen molar-refractivity contribution in [3.63, 3.8) is 0 Å². The van der Waals surface area contributed by atoms with Gasteiger partial charge in [-0.25, -0.2) is 0 Å². The van der Waals surface area contributed by atoms with Crippen LogP contribution in [0.25, 0.3) is 0 Å². The van der Waals surface area contributed by atoms with Crippen LogP contribution in [-0.4, -0.2) is 36.6 Å². The summed E-state index contributed by atoms with van der Waals surface area (Å²) in [5.41, 5.74) is -0.303. The number of hydrogen-bond acceptors (Lipinski definition) is 3. The van der Waals surface area contributed by atoms with Crippen LogP contribution < -0.4 is 0 Å². The normalized spacial score (nSPS) is 11.1. The number of terminal acetylenes is 1. The summed E-state index contributed by atoms with van der Waals surface area (Å²) in [5.74, 6) is 2.51. The number of esters is 1. The van der Waals surface area contributed by atoms with Crippen LogP contribution >= 0.6 is 0 Å². The molecule has 14 heavy (non-hydrogen) atoms. The van der Waals surface area contributed by atoms with Crippen LogP contribution in [0.5, 0.6) is 0 Å². The van der Waals surface area contributed by atoms with Gasteiger partial charge in [0.25, 0.3) is 0 Å². The van der Waals surface area contributed by atoms with Crippen molar-refractivity contribution in [1.29, 1.82) is 0 Å². The molecule has 0 spiro atoms. The first-order chi connectivity index (χ1) is 6.47. The SMILES string of the molecule is C#CC(C)(C)N(CC)CCC(=O)OC. The molecular formula is C11H19NO2. The van der Waals surface area contributed by atoms with Gasteiger partial charge in [0.05, 0.1) is 19.1 Å². The van der Waals surface area contributed by atoms with E-state index in [0.717, 1.165) is 6.54 Å². The molecule has 80 valence electrons. The van der Waals surface area contributed by atoms with E-state index in [9.17, 15) is 4.79 Å². The minimum absolute atomic E-state index is 0.198. The first kappa shape index (κ1) is 13.0. The highest BCUT2D eigenvalue weighted by Gasteiger charge is 2.22. The molecule has 0 heterocycles. The Morgan fingerprint density at radius 1 is 1.57 bits per heavy atom. The zero-order valence-electron chi connectivity index (χ0n) is 9.46. The van der Waals surface area contributed by atoms with Gasteiger partial charge in [-0.15, -0.1) is 6.42 Å². The predicted molar refractivity (Wildman–Crippen MR) is 56.8 cm³/mol. The monoisotopic (exact) mass is 197 g/mol. The maximum atomic E-state index is 10.9. The third kappa shape index (κ3) is 3.80. The van der Waals surface area contributed by atoms with Crippen molar-refractivity contribution < 1.29 is 9.53 Å². The molecule has 0 unspecified atom stereocenters. The van der Waals surface area contributed by atoms with Crippen molar-refractivity contribution >= 4 is 5.97 Å². The van der Waals surface area contributed by atoms with Crippen molar-refractivity contribution in [2.24, 2.45) is 0 Å². The van der Waals surface area contributed by atoms with Crippen LogP contribution in [-0.2, 0) is 9.53 Å². The van der Waals surface area contributed by atoms with Crippen LogP contribution in [0, 0.1) is 12.3 Å². The van der Waals surface area contributed by atoms with Gasteiger partial charge in [0.15, 0.2) is 0 Å². The van der Waals surface area contributed by atoms with Gasteiger partial charge in [-0.3, -0.25) is 9.69 Å². The van der Waals surface area contributed by atoms with Crippen molar-refractivity contribution in [2.75, 3.05) is 20.2 Å². The summed E-state index contributed by atoms with van der Waals surface area (Å²) in [6.07, 6.45) is 5.80. The van der Waals surface area contributed by atoms with Gasteiger partial charge in [-0.1, -0.05) is 12.8 Å². The second kappa shape index (κ2) is 5.66. The molecule has 0 atom stereocenters. The number of nitrogens with zero attached hydrogens (tertiary/aromatic N) is 1. The van der Waals surface area contributed by atoms with Gasteiger partial charge in [-0.05, 0) is 20.4 Å². The van der Waals surface area contributed by atoms with E-state index in [1.165, 1.54) is 7.11 Å². The second-order valence-corrected chi connectivity index (χ2v) is 3.61. The molecule has 0 radical (unpaired) electrons. The number of hydrogen-bond donors (Lipinski definition) is 0. The van der Waals surface area contributed by atoms with Gasteiger partial charge in [0.2, 0.25) is 0 Å². The zero-order valence-corrected chi connectivity index (χ0v) is 9.46. The number of methoxy groups -OCH3 is 1. The highest BCUT2D eigenvalue weighted by atomic mass is 16.5. The Labute approximate surface area is 86.4 Å². The summed E-state index contributed by atoms with van der Waals surface area (Å²) in [5, 5.41) is 0. The maximum Gasteiger partial charge on any atom is 0.306 e. The molecule has 0 aliphatic carbocycles. The number of rotatable bonds is 5. The summed E-state index contributed by atoms with van der Waals surface area (Å²) < 4.78 is 4.57. The summed E-state index contributed by atoms with van der Waals surface area (Å²) in [4.78, 5) is 13.0. The van der Waals surface area contributed by atoms with Crippen molar-refractivity contribution in [2.45, 2.75) is 32.7 Å². The van der Waals surface area contributed by atoms with E-state index in [1.807, 2.05) is 20.8 Å². The fourth-order valence-corrected chi connectivity index (χ4v) is 1.25. The quantitative estimate of drug-likeness (QED) is 0.491. The molecule has 0 rings (SSSR count). The lowest BCUT2D eigenvalue weighted by Crippen LogP contribution is -2.43. The Kier molecular flexibility index (Phi) is 5.26. The standard InChI is InChI=1S/C11H19NO2/c1-6-11(3,4)12(7-2)9-8-10(13)14-5/h1H,7-9H2,2-5H3. The van der Waals surface area contributed by atoms with E-state index in [4.69, 9.17) is 6.42 Å². The van der Waals surface area contributed by atoms with Crippen LogP contribution in [0.4, 0.5) is 0 Å². The smallest absolute Gasteiger partial charge is 0.306 e. The van der Waals surface area contributed by atoms with Gasteiger partial charge in [0.1, 0.15) is 0 Å². The third-order valence-electron chi connectivity index (χ3n) is 2.34. The number of carbonyl (C=O) groups is 1. The first-order valence-corrected chi connectivity index (χ1v) is 4.77. The Balaban J connectivity index is 4.18. The molecule has 0 aromatic rings. The Hall–Kier alpha value is -1.01. The van der Waals surface area contributed by atoms with Gasteiger partial charge < -0.3 is 4.74 Å². The number of carbonyl (C=O) groups excluding carboxylic acids is 1. The molecular weight excluding hydrogens is 178 g/mol. The number of ether oxygens (including phenoxy) is 1. The molecule has 0 bridgehead atoms. The van der Waals surface area contributed by atoms with Gasteiger partial charge in [-0.2, -0.15) is 0 Å². The first-order valence-electron chi connectivity index (χ1n) is 4.77. The van der Waals surface area contributed by atoms with Crippen molar-refractivity contribution in [3.05, 3.63) is 0 Å². The molecule has 3 heteroatoms. The van der Waals surface area contributed by atoms with E-state index in [0.29, 0.717) is 13.0 Å². The minimum atomic E-state index is -0.303. The predicted octanol–water partition coefficient (Wildman–Crippen LogP) is 1.28. The van der Waals surface area contributed by atoms with Crippen molar-refractivity contribution in [3.8, 4) is 12.3 Å². The molecule has 0 fully saturated rings. The van der Waals surface area contributed by atoms with Gasteiger partial charge >= 0.3 is 5.97 Å². The second-order valence-electron chi connectivity index (χ2n) is 3.61. The molecule has 0 aromatic carbocycles. The zero-order chi connectivity index (χ0) is 11.2. The topological polar surface area (TPSA) is 29.5 Å². The molecule has 0 aromatic heterocycles. The fourth-order valence-electron chi connectivity index (χ4n) is 1.25. The van der Waals surface area contributed by atoms with Crippen LogP contribution in [0.3, 0.4) is 0 Å². The Morgan fingerprint density at radius 3 is 2.50 bits per heavy atom. The summed E-state index contributed by atoms with van der Waals surface area (Å²) in [6.45, 7) is 7.42. The Morgan fingerprint density at radius 2 is 2.14 bits per heavy atom. The van der Waals surface area contributed by atoms with Crippen LogP contribution in [0.1, 0.15) is 27.2 Å². The maximum absolute atomic E-state index is 10.9. The van der Waals surface area contributed by atoms with Crippen LogP contribution in [0.2, 0.25) is 0 Å². The molecule has 0 amide bonds. The molecule has 0 saturated carbocycles. The molecule has 0 N–H and O–H groups in total. The third-order valence-corrected chi connectivity index (χ3v) is 2.34. The van der Waals surface area contributed by atoms with Crippen LogP contribution in [0.15, 0.2) is 0 Å². The van der Waals surface area contributed by atoms with E-state index in [2.05, 4.69) is 15.6 Å². The van der Waals surface area contributed by atoms with Gasteiger partial charge in [0, 0.05) is 6.54 Å². The van der Waals surface area contributed by atoms with E-state index < -0.39 is 0 Å². The highest BCUT2D eigenvalue weighted by Crippen LogP contribution is 2.12. The average molecular weight is 197 g/mol. The molecule has 0 aliphatic rings.